The summed E-state index contributed by atoms with van der Waals surface area (Å²) in [5.74, 6) is 0.687. The lowest BCUT2D eigenvalue weighted by Crippen LogP contribution is -2.18. The molecule has 17 heavy (non-hydrogen) atoms. The van der Waals surface area contributed by atoms with E-state index in [1.807, 2.05) is 32.0 Å². The van der Waals surface area contributed by atoms with Crippen molar-refractivity contribution in [2.75, 3.05) is 37.5 Å². The van der Waals surface area contributed by atoms with Gasteiger partial charge in [-0.15, -0.1) is 0 Å². The third kappa shape index (κ3) is 4.40. The summed E-state index contributed by atoms with van der Waals surface area (Å²) in [5, 5.41) is 2.83. The number of ether oxygens (including phenoxy) is 1. The Morgan fingerprint density at radius 2 is 2.29 bits per heavy atom. The molecule has 1 N–H and O–H groups in total. The van der Waals surface area contributed by atoms with Crippen LogP contribution in [0.3, 0.4) is 0 Å². The molecule has 0 saturated carbocycles. The molecule has 5 nitrogen and oxygen atoms in total. The Hall–Kier alpha value is -1.62. The summed E-state index contributed by atoms with van der Waals surface area (Å²) in [6.07, 6.45) is 2.06. The standard InChI is InChI=1S/C12H19N3O2/c1-4-17-9-7-11(16)14-10-6-5-8-13-12(10)15(2)3/h5-6,8H,4,7,9H2,1-3H3,(H,14,16). The third-order valence-electron chi connectivity index (χ3n) is 2.16. The molecule has 0 saturated heterocycles. The van der Waals surface area contributed by atoms with Crippen LogP contribution < -0.4 is 10.2 Å². The second-order valence-corrected chi connectivity index (χ2v) is 3.76. The number of anilines is 2. The summed E-state index contributed by atoms with van der Waals surface area (Å²) in [6, 6.07) is 3.63. The molecule has 1 rings (SSSR count). The largest absolute Gasteiger partial charge is 0.381 e. The Labute approximate surface area is 102 Å². The van der Waals surface area contributed by atoms with Gasteiger partial charge in [-0.3, -0.25) is 4.79 Å². The lowest BCUT2D eigenvalue weighted by molar-refractivity contribution is -0.117. The minimum atomic E-state index is -0.0606. The molecule has 94 valence electrons. The first-order valence-electron chi connectivity index (χ1n) is 5.65. The highest BCUT2D eigenvalue weighted by Crippen LogP contribution is 2.20. The molecule has 0 bridgehead atoms. The van der Waals surface area contributed by atoms with Crippen LogP contribution in [0.2, 0.25) is 0 Å². The van der Waals surface area contributed by atoms with Gasteiger partial charge in [0.1, 0.15) is 0 Å². The third-order valence-corrected chi connectivity index (χ3v) is 2.16. The second kappa shape index (κ2) is 6.85. The van der Waals surface area contributed by atoms with E-state index in [4.69, 9.17) is 4.74 Å². The highest BCUT2D eigenvalue weighted by atomic mass is 16.5. The Balaban J connectivity index is 2.58. The van der Waals surface area contributed by atoms with Crippen LogP contribution in [0.25, 0.3) is 0 Å². The molecular formula is C12H19N3O2. The predicted octanol–water partition coefficient (Wildman–Crippen LogP) is 1.51. The fourth-order valence-electron chi connectivity index (χ4n) is 1.37. The van der Waals surface area contributed by atoms with Gasteiger partial charge < -0.3 is 15.0 Å². The highest BCUT2D eigenvalue weighted by molar-refractivity contribution is 5.93. The first-order chi connectivity index (χ1) is 8.15. The molecule has 0 fully saturated rings. The van der Waals surface area contributed by atoms with E-state index >= 15 is 0 Å². The summed E-state index contributed by atoms with van der Waals surface area (Å²) >= 11 is 0. The van der Waals surface area contributed by atoms with Gasteiger partial charge in [-0.25, -0.2) is 4.98 Å². The zero-order chi connectivity index (χ0) is 12.7. The van der Waals surface area contributed by atoms with Gasteiger partial charge in [-0.2, -0.15) is 0 Å². The van der Waals surface area contributed by atoms with Gasteiger partial charge in [0, 0.05) is 26.9 Å². The van der Waals surface area contributed by atoms with Crippen molar-refractivity contribution in [1.29, 1.82) is 0 Å². The molecule has 0 unspecified atom stereocenters. The molecule has 1 aromatic rings. The minimum absolute atomic E-state index is 0.0606. The summed E-state index contributed by atoms with van der Waals surface area (Å²) in [4.78, 5) is 17.7. The Morgan fingerprint density at radius 3 is 2.94 bits per heavy atom. The van der Waals surface area contributed by atoms with Crippen LogP contribution >= 0.6 is 0 Å². The fraction of sp³-hybridized carbons (Fsp3) is 0.500. The van der Waals surface area contributed by atoms with E-state index < -0.39 is 0 Å². The maximum atomic E-state index is 11.6. The van der Waals surface area contributed by atoms with Gasteiger partial charge in [0.25, 0.3) is 0 Å². The topological polar surface area (TPSA) is 54.5 Å². The Morgan fingerprint density at radius 1 is 1.53 bits per heavy atom. The van der Waals surface area contributed by atoms with E-state index in [0.717, 1.165) is 11.5 Å². The number of hydrogen-bond acceptors (Lipinski definition) is 4. The SMILES string of the molecule is CCOCCC(=O)Nc1cccnc1N(C)C. The monoisotopic (exact) mass is 237 g/mol. The van der Waals surface area contributed by atoms with Crippen LogP contribution in [0.5, 0.6) is 0 Å². The van der Waals surface area contributed by atoms with Crippen LogP contribution in [-0.4, -0.2) is 38.2 Å². The highest BCUT2D eigenvalue weighted by Gasteiger charge is 2.08. The van der Waals surface area contributed by atoms with Gasteiger partial charge in [0.15, 0.2) is 5.82 Å². The molecular weight excluding hydrogens is 218 g/mol. The number of hydrogen-bond donors (Lipinski definition) is 1. The van der Waals surface area contributed by atoms with Crippen molar-refractivity contribution >= 4 is 17.4 Å². The van der Waals surface area contributed by atoms with Crippen molar-refractivity contribution in [2.45, 2.75) is 13.3 Å². The Kier molecular flexibility index (Phi) is 5.42. The van der Waals surface area contributed by atoms with Crippen LogP contribution in [0, 0.1) is 0 Å². The number of nitrogens with zero attached hydrogens (tertiary/aromatic N) is 2. The number of pyridine rings is 1. The Bertz CT molecular complexity index is 367. The first-order valence-corrected chi connectivity index (χ1v) is 5.65. The van der Waals surface area contributed by atoms with Gasteiger partial charge >= 0.3 is 0 Å². The van der Waals surface area contributed by atoms with E-state index in [1.54, 1.807) is 12.3 Å². The van der Waals surface area contributed by atoms with Crippen molar-refractivity contribution in [1.82, 2.24) is 4.98 Å². The van der Waals surface area contributed by atoms with Gasteiger partial charge in [-0.05, 0) is 19.1 Å². The number of rotatable bonds is 6. The van der Waals surface area contributed by atoms with Crippen molar-refractivity contribution in [3.8, 4) is 0 Å². The van der Waals surface area contributed by atoms with Gasteiger partial charge in [0.05, 0.1) is 18.7 Å². The average Bonchev–Trinajstić information content (AvgIpc) is 2.29. The van der Waals surface area contributed by atoms with Crippen molar-refractivity contribution in [3.05, 3.63) is 18.3 Å². The molecule has 1 aromatic heterocycles. The van der Waals surface area contributed by atoms with E-state index in [-0.39, 0.29) is 5.91 Å². The van der Waals surface area contributed by atoms with Crippen molar-refractivity contribution < 1.29 is 9.53 Å². The molecule has 0 atom stereocenters. The van der Waals surface area contributed by atoms with Crippen LogP contribution in [0.4, 0.5) is 11.5 Å². The number of aromatic nitrogens is 1. The summed E-state index contributed by atoms with van der Waals surface area (Å²) < 4.78 is 5.13. The van der Waals surface area contributed by atoms with Crippen molar-refractivity contribution in [3.63, 3.8) is 0 Å². The second-order valence-electron chi connectivity index (χ2n) is 3.76. The smallest absolute Gasteiger partial charge is 0.226 e. The molecule has 0 aliphatic carbocycles. The molecule has 0 aliphatic rings. The van der Waals surface area contributed by atoms with E-state index in [2.05, 4.69) is 10.3 Å². The van der Waals surface area contributed by atoms with Crippen LogP contribution in [0.1, 0.15) is 13.3 Å². The van der Waals surface area contributed by atoms with Crippen molar-refractivity contribution in [2.24, 2.45) is 0 Å². The molecule has 0 aliphatic heterocycles. The van der Waals surface area contributed by atoms with E-state index in [0.29, 0.717) is 19.6 Å². The quantitative estimate of drug-likeness (QED) is 0.762. The predicted molar refractivity (Wildman–Crippen MR) is 68.3 cm³/mol. The maximum Gasteiger partial charge on any atom is 0.226 e. The molecule has 1 heterocycles. The van der Waals surface area contributed by atoms with Gasteiger partial charge in [-0.1, -0.05) is 0 Å². The summed E-state index contributed by atoms with van der Waals surface area (Å²) in [5.41, 5.74) is 0.721. The minimum Gasteiger partial charge on any atom is -0.381 e. The zero-order valence-corrected chi connectivity index (χ0v) is 10.6. The molecule has 0 spiro atoms. The maximum absolute atomic E-state index is 11.6. The first kappa shape index (κ1) is 13.4. The van der Waals surface area contributed by atoms with E-state index in [1.165, 1.54) is 0 Å². The zero-order valence-electron chi connectivity index (χ0n) is 10.6. The number of nitrogens with one attached hydrogen (secondary N) is 1. The molecule has 0 radical (unpaired) electrons. The van der Waals surface area contributed by atoms with Crippen LogP contribution in [0.15, 0.2) is 18.3 Å². The number of carbonyl (C=O) groups is 1. The molecule has 5 heteroatoms. The lowest BCUT2D eigenvalue weighted by atomic mass is 10.3. The summed E-state index contributed by atoms with van der Waals surface area (Å²) in [6.45, 7) is 2.98. The number of amides is 1. The molecule has 1 amide bonds. The number of carbonyl (C=O) groups excluding carboxylic acids is 1. The summed E-state index contributed by atoms with van der Waals surface area (Å²) in [7, 11) is 3.77. The normalized spacial score (nSPS) is 10.1. The molecule has 0 aromatic carbocycles. The fourth-order valence-corrected chi connectivity index (χ4v) is 1.37. The van der Waals surface area contributed by atoms with E-state index in [9.17, 15) is 4.79 Å². The lowest BCUT2D eigenvalue weighted by Gasteiger charge is -2.16. The average molecular weight is 237 g/mol. The van der Waals surface area contributed by atoms with Crippen LogP contribution in [-0.2, 0) is 9.53 Å². The van der Waals surface area contributed by atoms with Gasteiger partial charge in [0.2, 0.25) is 5.91 Å².